The van der Waals surface area contributed by atoms with Gasteiger partial charge >= 0.3 is 0 Å². The molecule has 1 rings (SSSR count). The molecule has 0 aromatic rings. The lowest BCUT2D eigenvalue weighted by atomic mass is 9.64. The van der Waals surface area contributed by atoms with Crippen LogP contribution in [0.2, 0.25) is 0 Å². The maximum Gasteiger partial charge on any atom is -0.00541 e. The normalized spacial score (nSPS) is 15.2. The Labute approximate surface area is 383 Å². The molecule has 1 atom stereocenters. The first-order valence-electron chi connectivity index (χ1n) is 29.4. The SMILES string of the molecule is CCCCCCCCCCCC1=C(CCCCCCCCCCC)C(CCCCCCCCCCC)(CCCCCCCCCCC)C(CCCCCCCCCCC)C1. The Morgan fingerprint density at radius 1 is 0.283 bits per heavy atom. The summed E-state index contributed by atoms with van der Waals surface area (Å²) in [4.78, 5) is 0. The Kier molecular flexibility index (Phi) is 43.6. The second-order valence-electron chi connectivity index (χ2n) is 21.1. The third-order valence-corrected chi connectivity index (χ3v) is 15.5. The molecule has 0 aromatic heterocycles. The fraction of sp³-hybridized carbons (Fsp3) is 0.967. The first-order chi connectivity index (χ1) is 29.7. The van der Waals surface area contributed by atoms with Crippen molar-refractivity contribution < 1.29 is 0 Å². The maximum atomic E-state index is 2.36. The molecular weight excluding hydrogens is 721 g/mol. The highest BCUT2D eigenvalue weighted by Gasteiger charge is 2.46. The van der Waals surface area contributed by atoms with Gasteiger partial charge in [0.05, 0.1) is 0 Å². The van der Waals surface area contributed by atoms with Crippen LogP contribution >= 0.6 is 0 Å². The number of allylic oxidation sites excluding steroid dienone is 2. The Morgan fingerprint density at radius 3 is 0.850 bits per heavy atom. The molecule has 0 amide bonds. The van der Waals surface area contributed by atoms with Crippen LogP contribution in [0.25, 0.3) is 0 Å². The van der Waals surface area contributed by atoms with Crippen LogP contribution in [-0.4, -0.2) is 0 Å². The molecule has 0 aromatic carbocycles. The molecule has 60 heavy (non-hydrogen) atoms. The summed E-state index contributed by atoms with van der Waals surface area (Å²) in [5.74, 6) is 0.951. The van der Waals surface area contributed by atoms with Crippen molar-refractivity contribution in [2.75, 3.05) is 0 Å². The Balaban J connectivity index is 3.17. The summed E-state index contributed by atoms with van der Waals surface area (Å²) in [6.45, 7) is 11.8. The van der Waals surface area contributed by atoms with Gasteiger partial charge in [-0.15, -0.1) is 0 Å². The van der Waals surface area contributed by atoms with Crippen LogP contribution in [0.1, 0.15) is 362 Å². The van der Waals surface area contributed by atoms with Gasteiger partial charge < -0.3 is 0 Å². The monoisotopic (exact) mass is 839 g/mol. The summed E-state index contributed by atoms with van der Waals surface area (Å²) in [5.41, 5.74) is 4.67. The third kappa shape index (κ3) is 31.6. The number of hydrogen-bond donors (Lipinski definition) is 0. The minimum absolute atomic E-state index is 0.539. The second-order valence-corrected chi connectivity index (χ2v) is 21.1. The minimum atomic E-state index is 0.539. The summed E-state index contributed by atoms with van der Waals surface area (Å²) in [6, 6.07) is 0. The smallest absolute Gasteiger partial charge is 0.00541 e. The third-order valence-electron chi connectivity index (χ3n) is 15.5. The number of rotatable bonds is 50. The van der Waals surface area contributed by atoms with E-state index in [0.717, 1.165) is 5.92 Å². The molecule has 0 nitrogen and oxygen atoms in total. The van der Waals surface area contributed by atoms with E-state index in [9.17, 15) is 0 Å². The molecule has 0 radical (unpaired) electrons. The average molecular weight is 840 g/mol. The van der Waals surface area contributed by atoms with Crippen LogP contribution in [0.3, 0.4) is 0 Å². The molecular formula is C60H118. The van der Waals surface area contributed by atoms with Crippen LogP contribution in [0, 0.1) is 11.3 Å². The van der Waals surface area contributed by atoms with E-state index in [1.165, 1.54) is 327 Å². The standard InChI is InChI=1S/C60H118/c1-6-11-16-21-26-31-36-41-46-51-57-56-58(52-47-42-37-32-27-22-17-12-7-2)60(54-49-44-39-34-29-24-19-14-9-4,55-50-45-40-35-30-25-20-15-10-5)59(57)53-48-43-38-33-28-23-18-13-8-3/h58H,6-56H2,1-5H3. The van der Waals surface area contributed by atoms with Crippen LogP contribution < -0.4 is 0 Å². The molecule has 0 heterocycles. The molecule has 1 unspecified atom stereocenters. The predicted octanol–water partition coefficient (Wildman–Crippen LogP) is 22.9. The van der Waals surface area contributed by atoms with Gasteiger partial charge in [0.2, 0.25) is 0 Å². The topological polar surface area (TPSA) is 0 Å². The van der Waals surface area contributed by atoms with Crippen molar-refractivity contribution in [1.82, 2.24) is 0 Å². The van der Waals surface area contributed by atoms with Gasteiger partial charge in [-0.2, -0.15) is 0 Å². The summed E-state index contributed by atoms with van der Waals surface area (Å²) < 4.78 is 0. The quantitative estimate of drug-likeness (QED) is 0.0423. The van der Waals surface area contributed by atoms with E-state index in [-0.39, 0.29) is 0 Å². The van der Waals surface area contributed by atoms with E-state index in [4.69, 9.17) is 0 Å². The second kappa shape index (κ2) is 45.3. The molecule has 0 spiro atoms. The summed E-state index contributed by atoms with van der Waals surface area (Å²) in [5, 5.41) is 0. The lowest BCUT2D eigenvalue weighted by molar-refractivity contribution is 0.165. The fourth-order valence-electron chi connectivity index (χ4n) is 11.6. The van der Waals surface area contributed by atoms with Gasteiger partial charge in [0.15, 0.2) is 0 Å². The van der Waals surface area contributed by atoms with Crippen molar-refractivity contribution in [3.63, 3.8) is 0 Å². The molecule has 0 saturated heterocycles. The van der Waals surface area contributed by atoms with Crippen molar-refractivity contribution in [2.24, 2.45) is 11.3 Å². The zero-order valence-electron chi connectivity index (χ0n) is 43.1. The lowest BCUT2D eigenvalue weighted by Crippen LogP contribution is -2.29. The molecule has 1 aliphatic carbocycles. The largest absolute Gasteiger partial charge is 0.0701 e. The highest BCUT2D eigenvalue weighted by atomic mass is 14.5. The highest BCUT2D eigenvalue weighted by molar-refractivity contribution is 5.31. The first-order valence-corrected chi connectivity index (χ1v) is 29.4. The first kappa shape index (κ1) is 57.8. The Morgan fingerprint density at radius 2 is 0.533 bits per heavy atom. The zero-order valence-corrected chi connectivity index (χ0v) is 43.1. The van der Waals surface area contributed by atoms with Gasteiger partial charge in [-0.1, -0.05) is 322 Å². The van der Waals surface area contributed by atoms with Crippen molar-refractivity contribution in [3.8, 4) is 0 Å². The van der Waals surface area contributed by atoms with E-state index in [1.807, 2.05) is 5.57 Å². The van der Waals surface area contributed by atoms with Crippen LogP contribution in [0.5, 0.6) is 0 Å². The average Bonchev–Trinajstić information content (AvgIpc) is 3.54. The molecule has 0 saturated carbocycles. The van der Waals surface area contributed by atoms with E-state index < -0.39 is 0 Å². The molecule has 0 aliphatic heterocycles. The molecule has 1 aliphatic rings. The Bertz CT molecular complexity index is 841. The van der Waals surface area contributed by atoms with Crippen molar-refractivity contribution in [3.05, 3.63) is 11.1 Å². The Hall–Kier alpha value is -0.260. The van der Waals surface area contributed by atoms with Crippen molar-refractivity contribution in [2.45, 2.75) is 362 Å². The summed E-state index contributed by atoms with van der Waals surface area (Å²) >= 11 is 0. The lowest BCUT2D eigenvalue weighted by Gasteiger charge is -2.40. The molecule has 0 heteroatoms. The van der Waals surface area contributed by atoms with Crippen LogP contribution in [0.4, 0.5) is 0 Å². The van der Waals surface area contributed by atoms with Gasteiger partial charge in [-0.05, 0) is 62.7 Å². The van der Waals surface area contributed by atoms with Gasteiger partial charge in [-0.3, -0.25) is 0 Å². The predicted molar refractivity (Wildman–Crippen MR) is 277 cm³/mol. The summed E-state index contributed by atoms with van der Waals surface area (Å²) in [6.07, 6.45) is 75.0. The van der Waals surface area contributed by atoms with E-state index in [0.29, 0.717) is 5.41 Å². The maximum absolute atomic E-state index is 2.36. The van der Waals surface area contributed by atoms with Crippen molar-refractivity contribution in [1.29, 1.82) is 0 Å². The minimum Gasteiger partial charge on any atom is -0.0701 e. The van der Waals surface area contributed by atoms with E-state index >= 15 is 0 Å². The van der Waals surface area contributed by atoms with Gasteiger partial charge in [-0.25, -0.2) is 0 Å². The van der Waals surface area contributed by atoms with Crippen molar-refractivity contribution >= 4 is 0 Å². The van der Waals surface area contributed by atoms with Gasteiger partial charge in [0.1, 0.15) is 0 Å². The molecule has 358 valence electrons. The summed E-state index contributed by atoms with van der Waals surface area (Å²) in [7, 11) is 0. The fourth-order valence-corrected chi connectivity index (χ4v) is 11.6. The molecule has 0 fully saturated rings. The van der Waals surface area contributed by atoms with Gasteiger partial charge in [0, 0.05) is 0 Å². The van der Waals surface area contributed by atoms with Crippen LogP contribution in [0.15, 0.2) is 11.1 Å². The highest BCUT2D eigenvalue weighted by Crippen LogP contribution is 2.58. The van der Waals surface area contributed by atoms with E-state index in [1.54, 1.807) is 0 Å². The van der Waals surface area contributed by atoms with E-state index in [2.05, 4.69) is 40.2 Å². The van der Waals surface area contributed by atoms with Gasteiger partial charge in [0.25, 0.3) is 0 Å². The molecule has 0 bridgehead atoms. The molecule has 0 N–H and O–H groups in total. The zero-order chi connectivity index (χ0) is 43.3. The van der Waals surface area contributed by atoms with Crippen LogP contribution in [-0.2, 0) is 0 Å². The number of unbranched alkanes of at least 4 members (excludes halogenated alkanes) is 40. The number of hydrogen-bond acceptors (Lipinski definition) is 0.